The van der Waals surface area contributed by atoms with Gasteiger partial charge >= 0.3 is 0 Å². The fraction of sp³-hybridized carbons (Fsp3) is 0.438. The van der Waals surface area contributed by atoms with Crippen LogP contribution in [0.5, 0.6) is 11.5 Å². The van der Waals surface area contributed by atoms with Crippen molar-refractivity contribution in [1.82, 2.24) is 15.5 Å². The molecule has 0 bridgehead atoms. The van der Waals surface area contributed by atoms with E-state index >= 15 is 0 Å². The average molecular weight is 351 g/mol. The maximum atomic E-state index is 11.8. The van der Waals surface area contributed by atoms with E-state index in [0.717, 1.165) is 0 Å². The lowest BCUT2D eigenvalue weighted by Gasteiger charge is -2.19. The van der Waals surface area contributed by atoms with E-state index in [1.165, 1.54) is 11.8 Å². The van der Waals surface area contributed by atoms with Gasteiger partial charge < -0.3 is 19.2 Å². The largest absolute Gasteiger partial charge is 0.497 e. The zero-order valence-electron chi connectivity index (χ0n) is 14.2. The van der Waals surface area contributed by atoms with Gasteiger partial charge in [0, 0.05) is 11.6 Å². The van der Waals surface area contributed by atoms with Crippen molar-refractivity contribution in [2.45, 2.75) is 38.1 Å². The topological polar surface area (TPSA) is 86.5 Å². The number of amides is 1. The summed E-state index contributed by atoms with van der Waals surface area (Å²) < 4.78 is 16.1. The van der Waals surface area contributed by atoms with E-state index < -0.39 is 0 Å². The number of carbonyl (C=O) groups excluding carboxylic acids is 1. The third kappa shape index (κ3) is 6.11. The molecular formula is C16H21N3O4S. The number of ether oxygens (including phenoxy) is 2. The molecule has 0 fully saturated rings. The fourth-order valence-electron chi connectivity index (χ4n) is 1.77. The third-order valence-corrected chi connectivity index (χ3v) is 3.51. The summed E-state index contributed by atoms with van der Waals surface area (Å²) in [5.74, 6) is 1.83. The summed E-state index contributed by atoms with van der Waals surface area (Å²) in [5, 5.41) is 11.0. The Hall–Kier alpha value is -2.22. The van der Waals surface area contributed by atoms with Crippen LogP contribution < -0.4 is 14.8 Å². The summed E-state index contributed by atoms with van der Waals surface area (Å²) in [6, 6.07) is 7.24. The molecule has 0 atom stereocenters. The van der Waals surface area contributed by atoms with Gasteiger partial charge in [-0.15, -0.1) is 10.2 Å². The normalized spacial score (nSPS) is 11.2. The second-order valence-corrected chi connectivity index (χ2v) is 6.94. The smallest absolute Gasteiger partial charge is 0.277 e. The fourth-order valence-corrected chi connectivity index (χ4v) is 2.35. The van der Waals surface area contributed by atoms with Crippen LogP contribution in [0.3, 0.4) is 0 Å². The highest BCUT2D eigenvalue weighted by molar-refractivity contribution is 7.99. The van der Waals surface area contributed by atoms with Crippen molar-refractivity contribution in [2.75, 3.05) is 12.9 Å². The van der Waals surface area contributed by atoms with Crippen LogP contribution in [0.15, 0.2) is 33.9 Å². The number of carbonyl (C=O) groups is 1. The molecule has 2 rings (SSSR count). The zero-order chi connectivity index (χ0) is 17.6. The first-order valence-corrected chi connectivity index (χ1v) is 8.37. The minimum atomic E-state index is -0.262. The molecule has 0 aliphatic rings. The second-order valence-electron chi connectivity index (χ2n) is 6.02. The molecule has 1 aromatic heterocycles. The quantitative estimate of drug-likeness (QED) is 0.767. The summed E-state index contributed by atoms with van der Waals surface area (Å²) in [6.07, 6.45) is 0. The summed E-state index contributed by atoms with van der Waals surface area (Å²) in [5.41, 5.74) is -0.262. The molecule has 7 nitrogen and oxygen atoms in total. The van der Waals surface area contributed by atoms with E-state index in [0.29, 0.717) is 22.6 Å². The van der Waals surface area contributed by atoms with Crippen LogP contribution in [0.4, 0.5) is 0 Å². The number of nitrogens with zero attached hydrogens (tertiary/aromatic N) is 2. The molecule has 0 aliphatic heterocycles. The second kappa shape index (κ2) is 8.05. The molecule has 0 aliphatic carbocycles. The van der Waals surface area contributed by atoms with E-state index in [-0.39, 0.29) is 23.8 Å². The van der Waals surface area contributed by atoms with E-state index in [4.69, 9.17) is 13.9 Å². The Morgan fingerprint density at radius 1 is 1.29 bits per heavy atom. The number of aromatic nitrogens is 2. The van der Waals surface area contributed by atoms with Crippen LogP contribution in [0.2, 0.25) is 0 Å². The first-order chi connectivity index (χ1) is 11.4. The molecule has 130 valence electrons. The van der Waals surface area contributed by atoms with Crippen LogP contribution >= 0.6 is 11.8 Å². The van der Waals surface area contributed by atoms with Gasteiger partial charge in [-0.1, -0.05) is 17.8 Å². The average Bonchev–Trinajstić information content (AvgIpc) is 2.97. The van der Waals surface area contributed by atoms with Gasteiger partial charge in [0.2, 0.25) is 5.91 Å². The van der Waals surface area contributed by atoms with Gasteiger partial charge in [0.05, 0.1) is 12.9 Å². The van der Waals surface area contributed by atoms with Gasteiger partial charge in [0.1, 0.15) is 11.5 Å². The van der Waals surface area contributed by atoms with Crippen LogP contribution in [0.1, 0.15) is 26.7 Å². The maximum Gasteiger partial charge on any atom is 0.277 e. The Morgan fingerprint density at radius 2 is 2.04 bits per heavy atom. The van der Waals surface area contributed by atoms with Gasteiger partial charge in [-0.05, 0) is 32.9 Å². The number of thioether (sulfide) groups is 1. The van der Waals surface area contributed by atoms with Crippen molar-refractivity contribution in [2.24, 2.45) is 0 Å². The molecular weight excluding hydrogens is 330 g/mol. The lowest BCUT2D eigenvalue weighted by molar-refractivity contribution is -0.119. The molecule has 0 saturated heterocycles. The SMILES string of the molecule is COc1cccc(OCc2nnc(SCC(=O)NC(C)(C)C)o2)c1. The summed E-state index contributed by atoms with van der Waals surface area (Å²) in [4.78, 5) is 11.8. The van der Waals surface area contributed by atoms with E-state index in [1.807, 2.05) is 39.0 Å². The van der Waals surface area contributed by atoms with Crippen molar-refractivity contribution < 1.29 is 18.7 Å². The molecule has 8 heteroatoms. The lowest BCUT2D eigenvalue weighted by Crippen LogP contribution is -2.41. The van der Waals surface area contributed by atoms with E-state index in [9.17, 15) is 4.79 Å². The summed E-state index contributed by atoms with van der Waals surface area (Å²) in [7, 11) is 1.59. The molecule has 0 unspecified atom stereocenters. The molecule has 0 radical (unpaired) electrons. The number of hydrogen-bond donors (Lipinski definition) is 1. The Kier molecular flexibility index (Phi) is 6.08. The molecule has 1 heterocycles. The van der Waals surface area contributed by atoms with Crippen molar-refractivity contribution in [1.29, 1.82) is 0 Å². The number of hydrogen-bond acceptors (Lipinski definition) is 7. The zero-order valence-corrected chi connectivity index (χ0v) is 15.0. The van der Waals surface area contributed by atoms with Crippen molar-refractivity contribution in [3.05, 3.63) is 30.2 Å². The van der Waals surface area contributed by atoms with Crippen molar-refractivity contribution >= 4 is 17.7 Å². The minimum Gasteiger partial charge on any atom is -0.497 e. The lowest BCUT2D eigenvalue weighted by atomic mass is 10.1. The highest BCUT2D eigenvalue weighted by Crippen LogP contribution is 2.21. The number of methoxy groups -OCH3 is 1. The first kappa shape index (κ1) is 18.1. The molecule has 2 aromatic rings. The van der Waals surface area contributed by atoms with Crippen LogP contribution in [-0.4, -0.2) is 34.5 Å². The molecule has 24 heavy (non-hydrogen) atoms. The maximum absolute atomic E-state index is 11.8. The highest BCUT2D eigenvalue weighted by atomic mass is 32.2. The molecule has 1 N–H and O–H groups in total. The van der Waals surface area contributed by atoms with Gasteiger partial charge in [-0.2, -0.15) is 0 Å². The van der Waals surface area contributed by atoms with E-state index in [1.54, 1.807) is 13.2 Å². The van der Waals surface area contributed by atoms with Gasteiger partial charge in [-0.3, -0.25) is 4.79 Å². The highest BCUT2D eigenvalue weighted by Gasteiger charge is 2.15. The van der Waals surface area contributed by atoms with E-state index in [2.05, 4.69) is 15.5 Å². The van der Waals surface area contributed by atoms with Crippen molar-refractivity contribution in [3.8, 4) is 11.5 Å². The number of rotatable bonds is 7. The van der Waals surface area contributed by atoms with Gasteiger partial charge in [0.15, 0.2) is 6.61 Å². The summed E-state index contributed by atoms with van der Waals surface area (Å²) >= 11 is 1.19. The standard InChI is InChI=1S/C16H21N3O4S/c1-16(2,3)17-13(20)10-24-15-19-18-14(23-15)9-22-12-7-5-6-11(8-12)21-4/h5-8H,9-10H2,1-4H3,(H,17,20). The Balaban J connectivity index is 1.81. The van der Waals surface area contributed by atoms with Crippen LogP contribution in [0.25, 0.3) is 0 Å². The molecule has 1 amide bonds. The molecule has 1 aromatic carbocycles. The Labute approximate surface area is 145 Å². The molecule has 0 saturated carbocycles. The molecule has 0 spiro atoms. The predicted octanol–water partition coefficient (Wildman–Crippen LogP) is 2.66. The number of nitrogens with one attached hydrogen (secondary N) is 1. The third-order valence-electron chi connectivity index (χ3n) is 2.69. The van der Waals surface area contributed by atoms with Gasteiger partial charge in [0.25, 0.3) is 11.1 Å². The van der Waals surface area contributed by atoms with Crippen molar-refractivity contribution in [3.63, 3.8) is 0 Å². The minimum absolute atomic E-state index is 0.0834. The van der Waals surface area contributed by atoms with Crippen LogP contribution in [0, 0.1) is 0 Å². The number of benzene rings is 1. The first-order valence-electron chi connectivity index (χ1n) is 7.39. The monoisotopic (exact) mass is 351 g/mol. The van der Waals surface area contributed by atoms with Crippen LogP contribution in [-0.2, 0) is 11.4 Å². The predicted molar refractivity (Wildman–Crippen MR) is 90.2 cm³/mol. The Bertz CT molecular complexity index is 682. The van der Waals surface area contributed by atoms with Gasteiger partial charge in [-0.25, -0.2) is 0 Å². The summed E-state index contributed by atoms with van der Waals surface area (Å²) in [6.45, 7) is 5.93. The Morgan fingerprint density at radius 3 is 2.75 bits per heavy atom.